The summed E-state index contributed by atoms with van der Waals surface area (Å²) < 4.78 is 13.4. The first-order chi connectivity index (χ1) is 20.9. The molecule has 10 nitrogen and oxygen atoms in total. The fourth-order valence-corrected chi connectivity index (χ4v) is 5.96. The summed E-state index contributed by atoms with van der Waals surface area (Å²) in [6, 6.07) is 13.2. The van der Waals surface area contributed by atoms with E-state index in [0.717, 1.165) is 71.3 Å². The number of hydrogen-bond acceptors (Lipinski definition) is 8. The summed E-state index contributed by atoms with van der Waals surface area (Å²) in [5.41, 5.74) is 3.81. The van der Waals surface area contributed by atoms with Gasteiger partial charge in [-0.25, -0.2) is 14.5 Å². The van der Waals surface area contributed by atoms with Gasteiger partial charge in [-0.2, -0.15) is 5.10 Å². The fraction of sp³-hybridized carbons (Fsp3) is 0.485. The molecule has 1 aliphatic rings. The first-order valence-corrected chi connectivity index (χ1v) is 19.2. The lowest BCUT2D eigenvalue weighted by atomic mass is 9.97. The van der Waals surface area contributed by atoms with Crippen molar-refractivity contribution in [2.24, 2.45) is 5.92 Å². The van der Waals surface area contributed by atoms with Crippen LogP contribution in [0, 0.1) is 5.92 Å². The van der Waals surface area contributed by atoms with Gasteiger partial charge < -0.3 is 19.7 Å². The zero-order valence-electron chi connectivity index (χ0n) is 26.8. The van der Waals surface area contributed by atoms with Crippen LogP contribution < -0.4 is 10.2 Å². The summed E-state index contributed by atoms with van der Waals surface area (Å²) in [7, 11) is -1.20. The van der Waals surface area contributed by atoms with Gasteiger partial charge in [-0.3, -0.25) is 9.97 Å². The molecule has 0 unspecified atom stereocenters. The predicted molar refractivity (Wildman–Crippen MR) is 177 cm³/mol. The number of carbonyl (C=O) groups excluding carboxylic acids is 1. The van der Waals surface area contributed by atoms with Gasteiger partial charge in [0.05, 0.1) is 23.1 Å². The molecular weight excluding hydrogens is 570 g/mol. The van der Waals surface area contributed by atoms with E-state index in [1.807, 2.05) is 62.1 Å². The highest BCUT2D eigenvalue weighted by molar-refractivity contribution is 6.76. The van der Waals surface area contributed by atoms with Gasteiger partial charge in [0.2, 0.25) is 0 Å². The van der Waals surface area contributed by atoms with Crippen molar-refractivity contribution in [3.63, 3.8) is 0 Å². The molecule has 1 amide bonds. The summed E-state index contributed by atoms with van der Waals surface area (Å²) >= 11 is 0. The molecule has 0 spiro atoms. The van der Waals surface area contributed by atoms with Gasteiger partial charge in [0.1, 0.15) is 23.8 Å². The van der Waals surface area contributed by atoms with Crippen LogP contribution in [-0.4, -0.2) is 70.7 Å². The minimum Gasteiger partial charge on any atom is -0.444 e. The number of piperidine rings is 1. The van der Waals surface area contributed by atoms with Gasteiger partial charge in [0, 0.05) is 57.7 Å². The highest BCUT2D eigenvalue weighted by Crippen LogP contribution is 2.31. The van der Waals surface area contributed by atoms with Crippen LogP contribution in [-0.2, 0) is 16.2 Å². The van der Waals surface area contributed by atoms with E-state index >= 15 is 0 Å². The van der Waals surface area contributed by atoms with Crippen LogP contribution in [0.1, 0.15) is 33.6 Å². The molecular formula is C33H45N7O3Si. The third-order valence-corrected chi connectivity index (χ3v) is 9.36. The molecule has 11 heteroatoms. The van der Waals surface area contributed by atoms with E-state index in [-0.39, 0.29) is 6.09 Å². The molecule has 4 aromatic heterocycles. The molecule has 5 rings (SSSR count). The molecule has 5 heterocycles. The van der Waals surface area contributed by atoms with Crippen LogP contribution in [0.4, 0.5) is 10.6 Å². The van der Waals surface area contributed by atoms with Crippen molar-refractivity contribution >= 4 is 30.9 Å². The number of nitrogens with one attached hydrogen (secondary N) is 1. The van der Waals surface area contributed by atoms with Crippen LogP contribution in [0.5, 0.6) is 0 Å². The number of carbonyl (C=O) groups is 1. The van der Waals surface area contributed by atoms with Gasteiger partial charge in [-0.15, -0.1) is 0 Å². The van der Waals surface area contributed by atoms with Crippen molar-refractivity contribution in [3.8, 4) is 22.6 Å². The maximum Gasteiger partial charge on any atom is 0.407 e. The maximum atomic E-state index is 12.1. The molecule has 4 aromatic rings. The van der Waals surface area contributed by atoms with Crippen molar-refractivity contribution in [1.29, 1.82) is 0 Å². The Balaban J connectivity index is 1.34. The molecule has 0 atom stereocenters. The van der Waals surface area contributed by atoms with Crippen LogP contribution in [0.3, 0.4) is 0 Å². The summed E-state index contributed by atoms with van der Waals surface area (Å²) in [5.74, 6) is 1.33. The van der Waals surface area contributed by atoms with Crippen molar-refractivity contribution in [2.45, 2.75) is 71.6 Å². The maximum absolute atomic E-state index is 12.1. The van der Waals surface area contributed by atoms with E-state index in [1.165, 1.54) is 0 Å². The monoisotopic (exact) mass is 615 g/mol. The van der Waals surface area contributed by atoms with E-state index in [0.29, 0.717) is 25.8 Å². The number of aromatic nitrogens is 5. The molecule has 1 N–H and O–H groups in total. The first kappa shape index (κ1) is 31.6. The number of alkyl carbamates (subject to hydrolysis) is 1. The molecule has 0 radical (unpaired) electrons. The van der Waals surface area contributed by atoms with Crippen LogP contribution in [0.25, 0.3) is 33.5 Å². The summed E-state index contributed by atoms with van der Waals surface area (Å²) in [6.45, 7) is 16.1. The van der Waals surface area contributed by atoms with Crippen LogP contribution >= 0.6 is 0 Å². The Morgan fingerprint density at radius 3 is 2.57 bits per heavy atom. The number of nitrogens with zero attached hydrogens (tertiary/aromatic N) is 6. The van der Waals surface area contributed by atoms with Crippen molar-refractivity contribution in [3.05, 3.63) is 55.0 Å². The zero-order valence-corrected chi connectivity index (χ0v) is 27.8. The largest absolute Gasteiger partial charge is 0.444 e. The highest BCUT2D eigenvalue weighted by Gasteiger charge is 2.23. The Bertz CT molecular complexity index is 1560. The Hall–Kier alpha value is -3.83. The van der Waals surface area contributed by atoms with E-state index in [4.69, 9.17) is 24.5 Å². The quantitative estimate of drug-likeness (QED) is 0.157. The van der Waals surface area contributed by atoms with Gasteiger partial charge in [-0.1, -0.05) is 25.7 Å². The Morgan fingerprint density at radius 2 is 1.86 bits per heavy atom. The fourth-order valence-electron chi connectivity index (χ4n) is 5.20. The standard InChI is InChI=1S/C33H45N7O3Si/c1-33(2,3)43-32(41)36-20-24-12-15-39(16-13-24)30-11-7-10-27(37-30)31-26-19-28(25-9-8-14-34-21-25)35-22-29(26)40(38-31)23-42-17-18-44(4,5)6/h7-11,14,19,21-22,24H,12-13,15-18,20,23H2,1-6H3,(H,36,41). The third-order valence-electron chi connectivity index (χ3n) is 7.65. The van der Waals surface area contributed by atoms with Gasteiger partial charge in [-0.05, 0) is 75.9 Å². The lowest BCUT2D eigenvalue weighted by molar-refractivity contribution is 0.0516. The average molecular weight is 616 g/mol. The van der Waals surface area contributed by atoms with Crippen molar-refractivity contribution < 1.29 is 14.3 Å². The smallest absolute Gasteiger partial charge is 0.407 e. The second-order valence-electron chi connectivity index (χ2n) is 13.7. The summed E-state index contributed by atoms with van der Waals surface area (Å²) in [5, 5.41) is 8.92. The molecule has 0 bridgehead atoms. The third kappa shape index (κ3) is 8.41. The zero-order chi connectivity index (χ0) is 31.3. The van der Waals surface area contributed by atoms with E-state index < -0.39 is 13.7 Å². The molecule has 1 fully saturated rings. The molecule has 234 valence electrons. The van der Waals surface area contributed by atoms with Crippen molar-refractivity contribution in [2.75, 3.05) is 31.1 Å². The van der Waals surface area contributed by atoms with Crippen LogP contribution in [0.15, 0.2) is 55.0 Å². The van der Waals surface area contributed by atoms with E-state index in [1.54, 1.807) is 6.20 Å². The van der Waals surface area contributed by atoms with Crippen molar-refractivity contribution in [1.82, 2.24) is 30.0 Å². The molecule has 44 heavy (non-hydrogen) atoms. The topological polar surface area (TPSA) is 107 Å². The van der Waals surface area contributed by atoms with Crippen LogP contribution in [0.2, 0.25) is 25.7 Å². The van der Waals surface area contributed by atoms with Gasteiger partial charge >= 0.3 is 6.09 Å². The first-order valence-electron chi connectivity index (χ1n) is 15.5. The number of amides is 1. The highest BCUT2D eigenvalue weighted by atomic mass is 28.3. The van der Waals surface area contributed by atoms with Gasteiger partial charge in [0.25, 0.3) is 0 Å². The number of fused-ring (bicyclic) bond motifs is 1. The van der Waals surface area contributed by atoms with Gasteiger partial charge in [0.15, 0.2) is 0 Å². The SMILES string of the molecule is CC(C)(C)OC(=O)NCC1CCN(c2cccc(-c3nn(COCC[Si](C)(C)C)c4cnc(-c5cccnc5)cc34)n2)CC1. The number of hydrogen-bond donors (Lipinski definition) is 1. The van der Waals surface area contributed by atoms with E-state index in [2.05, 4.69) is 47.0 Å². The summed E-state index contributed by atoms with van der Waals surface area (Å²) in [4.78, 5) is 28.5. The number of pyridine rings is 3. The minimum absolute atomic E-state index is 0.357. The lowest BCUT2D eigenvalue weighted by Crippen LogP contribution is -2.40. The second-order valence-corrected chi connectivity index (χ2v) is 19.3. The number of anilines is 1. The Labute approximate surface area is 261 Å². The number of rotatable bonds is 10. The molecule has 0 aromatic carbocycles. The van der Waals surface area contributed by atoms with E-state index in [9.17, 15) is 4.79 Å². The summed E-state index contributed by atoms with van der Waals surface area (Å²) in [6.07, 6.45) is 7.03. The second kappa shape index (κ2) is 13.4. The predicted octanol–water partition coefficient (Wildman–Crippen LogP) is 6.61. The minimum atomic E-state index is -1.20. The molecule has 0 saturated carbocycles. The Kier molecular flexibility index (Phi) is 9.64. The normalized spacial score (nSPS) is 14.6. The average Bonchev–Trinajstić information content (AvgIpc) is 3.35. The molecule has 1 saturated heterocycles. The molecule has 1 aliphatic heterocycles. The number of ether oxygens (including phenoxy) is 2. The lowest BCUT2D eigenvalue weighted by Gasteiger charge is -2.33. The Morgan fingerprint density at radius 1 is 1.07 bits per heavy atom. The molecule has 0 aliphatic carbocycles.